The van der Waals surface area contributed by atoms with Gasteiger partial charge in [0, 0.05) is 43.8 Å². The highest BCUT2D eigenvalue weighted by Crippen LogP contribution is 1.91. The molecule has 0 aliphatic heterocycles. The van der Waals surface area contributed by atoms with Gasteiger partial charge in [-0.1, -0.05) is 0 Å². The topological polar surface area (TPSA) is 80.7 Å². The Labute approximate surface area is 110 Å². The lowest BCUT2D eigenvalue weighted by atomic mass is 10.3. The average molecular weight is 255 g/mol. The minimum Gasteiger partial charge on any atom is -0.352 e. The Bertz CT molecular complexity index is 541. The van der Waals surface area contributed by atoms with E-state index in [0.717, 1.165) is 0 Å². The molecular weight excluding hydrogens is 242 g/mol. The third-order valence-corrected chi connectivity index (χ3v) is 2.24. The Morgan fingerprint density at radius 1 is 1.05 bits per heavy atom. The van der Waals surface area contributed by atoms with Crippen LogP contribution in [0.3, 0.4) is 0 Å². The molecule has 0 aliphatic rings. The summed E-state index contributed by atoms with van der Waals surface area (Å²) in [6, 6.07) is 3.47. The summed E-state index contributed by atoms with van der Waals surface area (Å²) in [5.74, 6) is 1.02. The summed E-state index contributed by atoms with van der Waals surface area (Å²) >= 11 is 0. The van der Waals surface area contributed by atoms with E-state index in [2.05, 4.69) is 25.3 Å². The van der Waals surface area contributed by atoms with Crippen molar-refractivity contribution in [2.45, 2.75) is 6.42 Å². The van der Waals surface area contributed by atoms with E-state index in [0.29, 0.717) is 24.6 Å². The van der Waals surface area contributed by atoms with Gasteiger partial charge in [0.15, 0.2) is 5.82 Å². The molecular formula is C13H13N5O. The largest absolute Gasteiger partial charge is 0.352 e. The quantitative estimate of drug-likeness (QED) is 0.793. The predicted octanol–water partition coefficient (Wildman–Crippen LogP) is 0.639. The smallest absolute Gasteiger partial charge is 0.244 e. The first-order valence-electron chi connectivity index (χ1n) is 5.83. The monoisotopic (exact) mass is 255 g/mol. The van der Waals surface area contributed by atoms with Crippen molar-refractivity contribution in [3.05, 3.63) is 54.6 Å². The Hall–Kier alpha value is -2.63. The number of carbonyl (C=O) groups is 1. The molecule has 0 atom stereocenters. The Balaban J connectivity index is 1.75. The Kier molecular flexibility index (Phi) is 4.69. The summed E-state index contributed by atoms with van der Waals surface area (Å²) in [5.41, 5.74) is 0. The zero-order chi connectivity index (χ0) is 13.3. The fourth-order valence-electron chi connectivity index (χ4n) is 1.36. The molecule has 2 heterocycles. The number of rotatable bonds is 5. The molecule has 0 spiro atoms. The molecule has 0 radical (unpaired) electrons. The lowest BCUT2D eigenvalue weighted by Gasteiger charge is -2.00. The first-order chi connectivity index (χ1) is 9.34. The molecule has 2 rings (SSSR count). The minimum absolute atomic E-state index is 0.191. The fraction of sp³-hybridized carbons (Fsp3) is 0.154. The van der Waals surface area contributed by atoms with Crippen molar-refractivity contribution >= 4 is 12.0 Å². The van der Waals surface area contributed by atoms with E-state index >= 15 is 0 Å². The molecule has 96 valence electrons. The van der Waals surface area contributed by atoms with E-state index in [9.17, 15) is 4.79 Å². The van der Waals surface area contributed by atoms with Crippen LogP contribution >= 0.6 is 0 Å². The summed E-state index contributed by atoms with van der Waals surface area (Å²) in [6.07, 6.45) is 10.2. The van der Waals surface area contributed by atoms with Crippen LogP contribution in [0, 0.1) is 0 Å². The summed E-state index contributed by atoms with van der Waals surface area (Å²) in [5, 5.41) is 2.74. The molecule has 0 saturated carbocycles. The third-order valence-electron chi connectivity index (χ3n) is 2.24. The van der Waals surface area contributed by atoms with Crippen LogP contribution < -0.4 is 5.32 Å². The van der Waals surface area contributed by atoms with E-state index < -0.39 is 0 Å². The second-order valence-electron chi connectivity index (χ2n) is 3.65. The highest BCUT2D eigenvalue weighted by molar-refractivity contribution is 5.91. The molecule has 0 aromatic carbocycles. The molecule has 0 unspecified atom stereocenters. The standard InChI is InChI=1S/C13H13N5O/c19-13(4-3-11-14-6-1-7-15-11)18-10-5-12-16-8-2-9-17-12/h1-4,6-9H,5,10H2,(H,18,19). The van der Waals surface area contributed by atoms with E-state index in [-0.39, 0.29) is 5.91 Å². The number of hydrogen-bond donors (Lipinski definition) is 1. The number of nitrogens with one attached hydrogen (secondary N) is 1. The van der Waals surface area contributed by atoms with Crippen molar-refractivity contribution in [3.63, 3.8) is 0 Å². The summed E-state index contributed by atoms with van der Waals surface area (Å²) < 4.78 is 0. The maximum Gasteiger partial charge on any atom is 0.244 e. The van der Waals surface area contributed by atoms with E-state index in [1.807, 2.05) is 0 Å². The summed E-state index contributed by atoms with van der Waals surface area (Å²) in [6.45, 7) is 0.489. The minimum atomic E-state index is -0.191. The van der Waals surface area contributed by atoms with Crippen LogP contribution in [0.15, 0.2) is 43.0 Å². The molecule has 1 amide bonds. The normalized spacial score (nSPS) is 10.5. The number of aromatic nitrogens is 4. The SMILES string of the molecule is O=C(C=Cc1ncccn1)NCCc1ncccn1. The molecule has 0 fully saturated rings. The van der Waals surface area contributed by atoms with Gasteiger partial charge in [0.2, 0.25) is 5.91 Å². The number of carbonyl (C=O) groups excluding carboxylic acids is 1. The van der Waals surface area contributed by atoms with E-state index in [1.54, 1.807) is 43.0 Å². The van der Waals surface area contributed by atoms with Crippen LogP contribution in [0.2, 0.25) is 0 Å². The van der Waals surface area contributed by atoms with Gasteiger partial charge >= 0.3 is 0 Å². The number of amides is 1. The van der Waals surface area contributed by atoms with Crippen molar-refractivity contribution in [1.82, 2.24) is 25.3 Å². The van der Waals surface area contributed by atoms with Crippen LogP contribution in [0.5, 0.6) is 0 Å². The maximum absolute atomic E-state index is 11.5. The van der Waals surface area contributed by atoms with Gasteiger partial charge in [0.25, 0.3) is 0 Å². The number of hydrogen-bond acceptors (Lipinski definition) is 5. The molecule has 0 bridgehead atoms. The van der Waals surface area contributed by atoms with Gasteiger partial charge in [-0.25, -0.2) is 19.9 Å². The van der Waals surface area contributed by atoms with Gasteiger partial charge in [-0.15, -0.1) is 0 Å². The second-order valence-corrected chi connectivity index (χ2v) is 3.65. The van der Waals surface area contributed by atoms with Crippen LogP contribution in [-0.2, 0) is 11.2 Å². The molecule has 0 saturated heterocycles. The zero-order valence-corrected chi connectivity index (χ0v) is 10.2. The fourth-order valence-corrected chi connectivity index (χ4v) is 1.36. The van der Waals surface area contributed by atoms with Crippen molar-refractivity contribution in [1.29, 1.82) is 0 Å². The zero-order valence-electron chi connectivity index (χ0n) is 10.2. The Morgan fingerprint density at radius 3 is 2.37 bits per heavy atom. The van der Waals surface area contributed by atoms with Gasteiger partial charge < -0.3 is 5.32 Å². The van der Waals surface area contributed by atoms with Gasteiger partial charge in [-0.05, 0) is 18.2 Å². The summed E-state index contributed by atoms with van der Waals surface area (Å²) in [4.78, 5) is 27.6. The van der Waals surface area contributed by atoms with E-state index in [1.165, 1.54) is 6.08 Å². The highest BCUT2D eigenvalue weighted by atomic mass is 16.1. The van der Waals surface area contributed by atoms with Crippen molar-refractivity contribution in [3.8, 4) is 0 Å². The average Bonchev–Trinajstić information content (AvgIpc) is 2.47. The predicted molar refractivity (Wildman–Crippen MR) is 69.8 cm³/mol. The van der Waals surface area contributed by atoms with Crippen LogP contribution in [0.25, 0.3) is 6.08 Å². The second kappa shape index (κ2) is 6.95. The molecule has 2 aromatic heterocycles. The van der Waals surface area contributed by atoms with Crippen LogP contribution in [-0.4, -0.2) is 32.4 Å². The Morgan fingerprint density at radius 2 is 1.68 bits per heavy atom. The van der Waals surface area contributed by atoms with Crippen molar-refractivity contribution < 1.29 is 4.79 Å². The maximum atomic E-state index is 11.5. The van der Waals surface area contributed by atoms with Gasteiger partial charge in [0.05, 0.1) is 0 Å². The number of nitrogens with zero attached hydrogens (tertiary/aromatic N) is 4. The molecule has 1 N–H and O–H groups in total. The lowest BCUT2D eigenvalue weighted by Crippen LogP contribution is -2.24. The van der Waals surface area contributed by atoms with Crippen molar-refractivity contribution in [2.24, 2.45) is 0 Å². The lowest BCUT2D eigenvalue weighted by molar-refractivity contribution is -0.116. The molecule has 0 aliphatic carbocycles. The van der Waals surface area contributed by atoms with Crippen molar-refractivity contribution in [2.75, 3.05) is 6.54 Å². The van der Waals surface area contributed by atoms with Crippen LogP contribution in [0.1, 0.15) is 11.6 Å². The van der Waals surface area contributed by atoms with Gasteiger partial charge in [0.1, 0.15) is 5.82 Å². The highest BCUT2D eigenvalue weighted by Gasteiger charge is 1.98. The molecule has 2 aromatic rings. The van der Waals surface area contributed by atoms with Crippen LogP contribution in [0.4, 0.5) is 0 Å². The first kappa shape index (κ1) is 12.8. The summed E-state index contributed by atoms with van der Waals surface area (Å²) in [7, 11) is 0. The molecule has 6 nitrogen and oxygen atoms in total. The van der Waals surface area contributed by atoms with Gasteiger partial charge in [-0.3, -0.25) is 4.79 Å². The van der Waals surface area contributed by atoms with Gasteiger partial charge in [-0.2, -0.15) is 0 Å². The molecule has 6 heteroatoms. The molecule has 19 heavy (non-hydrogen) atoms. The first-order valence-corrected chi connectivity index (χ1v) is 5.83. The third kappa shape index (κ3) is 4.63. The van der Waals surface area contributed by atoms with E-state index in [4.69, 9.17) is 0 Å².